The summed E-state index contributed by atoms with van der Waals surface area (Å²) < 4.78 is 34.2. The van der Waals surface area contributed by atoms with Gasteiger partial charge < -0.3 is 0 Å². The Morgan fingerprint density at radius 2 is 2.00 bits per heavy atom. The highest BCUT2D eigenvalue weighted by molar-refractivity contribution is 5.72. The summed E-state index contributed by atoms with van der Waals surface area (Å²) in [5, 5.41) is 0.111. The van der Waals surface area contributed by atoms with Gasteiger partial charge in [-0.2, -0.15) is 13.2 Å². The lowest BCUT2D eigenvalue weighted by molar-refractivity contribution is -0.160. The maximum absolute atomic E-state index is 11.4. The zero-order chi connectivity index (χ0) is 8.36. The molecule has 0 spiro atoms. The Hall–Kier alpha value is -0.780. The molecule has 0 aromatic carbocycles. The van der Waals surface area contributed by atoms with Crippen LogP contribution in [0.25, 0.3) is 0 Å². The highest BCUT2D eigenvalue weighted by atomic mass is 19.4. The van der Waals surface area contributed by atoms with E-state index in [1.165, 1.54) is 0 Å². The fourth-order valence-corrected chi connectivity index (χ4v) is 0.304. The zero-order valence-electron chi connectivity index (χ0n) is 5.27. The topological polar surface area (TPSA) is 46.3 Å². The molecule has 2 N–H and O–H groups in total. The molecule has 0 saturated heterocycles. The van der Waals surface area contributed by atoms with Crippen LogP contribution in [-0.2, 0) is 4.79 Å². The standard InChI is InChI=1S/C4H7F3N2O/c1-3(10)9(8)2-4(5,6)7/h2,8H2,1H3. The van der Waals surface area contributed by atoms with Crippen LogP contribution < -0.4 is 5.84 Å². The molecule has 0 heterocycles. The summed E-state index contributed by atoms with van der Waals surface area (Å²) in [5.41, 5.74) is 0. The highest BCUT2D eigenvalue weighted by Crippen LogP contribution is 2.14. The molecule has 0 aliphatic heterocycles. The zero-order valence-corrected chi connectivity index (χ0v) is 5.27. The number of nitrogens with zero attached hydrogens (tertiary/aromatic N) is 1. The van der Waals surface area contributed by atoms with Gasteiger partial charge in [0.1, 0.15) is 6.54 Å². The summed E-state index contributed by atoms with van der Waals surface area (Å²) in [6, 6.07) is 0. The second-order valence-corrected chi connectivity index (χ2v) is 1.76. The van der Waals surface area contributed by atoms with Crippen molar-refractivity contribution in [2.45, 2.75) is 13.1 Å². The molecule has 1 amide bonds. The predicted octanol–water partition coefficient (Wildman–Crippen LogP) is 0.271. The molecule has 0 atom stereocenters. The van der Waals surface area contributed by atoms with Gasteiger partial charge in [-0.3, -0.25) is 9.80 Å². The molecule has 0 unspecified atom stereocenters. The average molecular weight is 156 g/mol. The summed E-state index contributed by atoms with van der Waals surface area (Å²) >= 11 is 0. The van der Waals surface area contributed by atoms with Gasteiger partial charge in [-0.05, 0) is 0 Å². The van der Waals surface area contributed by atoms with E-state index in [2.05, 4.69) is 5.84 Å². The van der Waals surface area contributed by atoms with Gasteiger partial charge in [-0.25, -0.2) is 5.84 Å². The van der Waals surface area contributed by atoms with Crippen LogP contribution in [0.4, 0.5) is 13.2 Å². The lowest BCUT2D eigenvalue weighted by Crippen LogP contribution is -2.42. The minimum atomic E-state index is -4.42. The van der Waals surface area contributed by atoms with Crippen molar-refractivity contribution in [3.05, 3.63) is 0 Å². The fraction of sp³-hybridized carbons (Fsp3) is 0.750. The lowest BCUT2D eigenvalue weighted by Gasteiger charge is -2.15. The van der Waals surface area contributed by atoms with Crippen LogP contribution in [0.1, 0.15) is 6.92 Å². The molecule has 0 bridgehead atoms. The number of hydrogen-bond acceptors (Lipinski definition) is 2. The predicted molar refractivity (Wildman–Crippen MR) is 27.6 cm³/mol. The third-order valence-corrected chi connectivity index (χ3v) is 0.754. The molecule has 0 aromatic rings. The normalized spacial score (nSPS) is 11.3. The van der Waals surface area contributed by atoms with Gasteiger partial charge in [-0.1, -0.05) is 0 Å². The first kappa shape index (κ1) is 9.22. The third-order valence-electron chi connectivity index (χ3n) is 0.754. The van der Waals surface area contributed by atoms with Gasteiger partial charge in [0.25, 0.3) is 0 Å². The maximum atomic E-state index is 11.4. The molecule has 0 aromatic heterocycles. The number of alkyl halides is 3. The second kappa shape index (κ2) is 2.87. The number of nitrogens with two attached hydrogens (primary N) is 1. The molecular formula is C4H7F3N2O. The van der Waals surface area contributed by atoms with Gasteiger partial charge in [0, 0.05) is 6.92 Å². The number of amides is 1. The molecule has 10 heavy (non-hydrogen) atoms. The van der Waals surface area contributed by atoms with E-state index in [9.17, 15) is 18.0 Å². The summed E-state index contributed by atoms with van der Waals surface area (Å²) in [5.74, 6) is 3.86. The smallest absolute Gasteiger partial charge is 0.274 e. The first-order chi connectivity index (χ1) is 4.33. The third kappa shape index (κ3) is 4.13. The summed E-state index contributed by atoms with van der Waals surface area (Å²) in [6.07, 6.45) is -4.42. The number of hydrogen-bond donors (Lipinski definition) is 1. The maximum Gasteiger partial charge on any atom is 0.407 e. The Morgan fingerprint density at radius 1 is 1.60 bits per heavy atom. The molecule has 0 fully saturated rings. The van der Waals surface area contributed by atoms with Crippen molar-refractivity contribution in [2.24, 2.45) is 5.84 Å². The van der Waals surface area contributed by atoms with E-state index in [0.29, 0.717) is 0 Å². The fourth-order valence-electron chi connectivity index (χ4n) is 0.304. The average Bonchev–Trinajstić information content (AvgIpc) is 1.60. The first-order valence-electron chi connectivity index (χ1n) is 2.42. The van der Waals surface area contributed by atoms with Crippen LogP contribution in [0.2, 0.25) is 0 Å². The van der Waals surface area contributed by atoms with Gasteiger partial charge in [0.15, 0.2) is 0 Å². The summed E-state index contributed by atoms with van der Waals surface area (Å²) in [4.78, 5) is 10.1. The molecule has 3 nitrogen and oxygen atoms in total. The minimum Gasteiger partial charge on any atom is -0.274 e. The van der Waals surface area contributed by atoms with Crippen LogP contribution >= 0.6 is 0 Å². The van der Waals surface area contributed by atoms with Crippen LogP contribution in [0.15, 0.2) is 0 Å². The van der Waals surface area contributed by atoms with Crippen molar-refractivity contribution < 1.29 is 18.0 Å². The van der Waals surface area contributed by atoms with Crippen molar-refractivity contribution in [1.82, 2.24) is 5.01 Å². The van der Waals surface area contributed by atoms with E-state index in [1.54, 1.807) is 0 Å². The van der Waals surface area contributed by atoms with E-state index in [1.807, 2.05) is 0 Å². The van der Waals surface area contributed by atoms with Crippen LogP contribution in [-0.4, -0.2) is 23.6 Å². The van der Waals surface area contributed by atoms with Gasteiger partial charge in [0.05, 0.1) is 0 Å². The van der Waals surface area contributed by atoms with Crippen molar-refractivity contribution in [3.63, 3.8) is 0 Å². The van der Waals surface area contributed by atoms with Gasteiger partial charge in [0.2, 0.25) is 5.91 Å². The molecule has 0 radical (unpaired) electrons. The molecule has 0 aliphatic rings. The number of carbonyl (C=O) groups excluding carboxylic acids is 1. The number of hydrazine groups is 1. The van der Waals surface area contributed by atoms with E-state index in [0.717, 1.165) is 6.92 Å². The van der Waals surface area contributed by atoms with Crippen molar-refractivity contribution in [1.29, 1.82) is 0 Å². The van der Waals surface area contributed by atoms with E-state index >= 15 is 0 Å². The Labute approximate surface area is 55.6 Å². The molecule has 60 valence electrons. The van der Waals surface area contributed by atoms with Gasteiger partial charge >= 0.3 is 6.18 Å². The Kier molecular flexibility index (Phi) is 2.65. The van der Waals surface area contributed by atoms with Gasteiger partial charge in [-0.15, -0.1) is 0 Å². The largest absolute Gasteiger partial charge is 0.407 e. The minimum absolute atomic E-state index is 0.111. The summed E-state index contributed by atoms with van der Waals surface area (Å²) in [6.45, 7) is -0.436. The number of rotatable bonds is 1. The second-order valence-electron chi connectivity index (χ2n) is 1.76. The Bertz CT molecular complexity index is 133. The Balaban J connectivity index is 3.80. The highest BCUT2D eigenvalue weighted by Gasteiger charge is 2.30. The van der Waals surface area contributed by atoms with Crippen molar-refractivity contribution in [3.8, 4) is 0 Å². The monoisotopic (exact) mass is 156 g/mol. The number of halogens is 3. The molecule has 0 rings (SSSR count). The first-order valence-corrected chi connectivity index (χ1v) is 2.42. The van der Waals surface area contributed by atoms with Crippen LogP contribution in [0.3, 0.4) is 0 Å². The van der Waals surface area contributed by atoms with E-state index in [-0.39, 0.29) is 5.01 Å². The van der Waals surface area contributed by atoms with Crippen molar-refractivity contribution >= 4 is 5.91 Å². The van der Waals surface area contributed by atoms with Crippen LogP contribution in [0.5, 0.6) is 0 Å². The molecule has 0 aliphatic carbocycles. The molecule has 6 heteroatoms. The summed E-state index contributed by atoms with van der Waals surface area (Å²) in [7, 11) is 0. The number of carbonyl (C=O) groups is 1. The van der Waals surface area contributed by atoms with Crippen LogP contribution in [0, 0.1) is 0 Å². The quantitative estimate of drug-likeness (QED) is 0.336. The van der Waals surface area contributed by atoms with Crippen molar-refractivity contribution in [2.75, 3.05) is 6.54 Å². The molecular weight excluding hydrogens is 149 g/mol. The van der Waals surface area contributed by atoms with E-state index in [4.69, 9.17) is 0 Å². The van der Waals surface area contributed by atoms with E-state index < -0.39 is 18.6 Å². The SMILES string of the molecule is CC(=O)N(N)CC(F)(F)F. The molecule has 0 saturated carbocycles. The Morgan fingerprint density at radius 3 is 2.10 bits per heavy atom. The lowest BCUT2D eigenvalue weighted by atomic mass is 10.5.